The Kier molecular flexibility index (Phi) is 5.30. The van der Waals surface area contributed by atoms with Crippen LogP contribution in [-0.4, -0.2) is 29.5 Å². The van der Waals surface area contributed by atoms with Gasteiger partial charge in [0, 0.05) is 29.5 Å². The van der Waals surface area contributed by atoms with Gasteiger partial charge in [-0.25, -0.2) is 4.98 Å². The van der Waals surface area contributed by atoms with Crippen molar-refractivity contribution in [3.8, 4) is 22.1 Å². The summed E-state index contributed by atoms with van der Waals surface area (Å²) in [6.07, 6.45) is 2.26. The summed E-state index contributed by atoms with van der Waals surface area (Å²) >= 11 is 1.57. The van der Waals surface area contributed by atoms with Crippen LogP contribution in [-0.2, 0) is 16.1 Å². The van der Waals surface area contributed by atoms with Gasteiger partial charge in [0.05, 0.1) is 11.8 Å². The molecule has 0 spiro atoms. The fraction of sp³-hybridized carbons (Fsp3) is 0.261. The molecular formula is C23H21N3O4S. The highest BCUT2D eigenvalue weighted by molar-refractivity contribution is 7.15. The van der Waals surface area contributed by atoms with Crippen molar-refractivity contribution in [1.29, 1.82) is 0 Å². The first-order valence-electron chi connectivity index (χ1n) is 10.1. The molecule has 31 heavy (non-hydrogen) atoms. The van der Waals surface area contributed by atoms with E-state index in [1.54, 1.807) is 11.3 Å². The van der Waals surface area contributed by atoms with E-state index in [9.17, 15) is 4.79 Å². The van der Waals surface area contributed by atoms with Crippen LogP contribution in [0, 0.1) is 0 Å². The smallest absolute Gasteiger partial charge is 0.264 e. The number of carbonyl (C=O) groups excluding carboxylic acids is 1. The van der Waals surface area contributed by atoms with Crippen LogP contribution >= 0.6 is 11.3 Å². The molecule has 7 nitrogen and oxygen atoms in total. The molecule has 2 atom stereocenters. The Morgan fingerprint density at radius 2 is 2.03 bits per heavy atom. The van der Waals surface area contributed by atoms with Crippen LogP contribution in [0.15, 0.2) is 59.9 Å². The van der Waals surface area contributed by atoms with Crippen molar-refractivity contribution in [3.05, 3.63) is 65.2 Å². The molecule has 0 aliphatic carbocycles. The molecule has 0 saturated heterocycles. The number of hydrogen-bond donors (Lipinski definition) is 1. The molecule has 8 heteroatoms. The number of benzene rings is 2. The van der Waals surface area contributed by atoms with Crippen molar-refractivity contribution >= 4 is 23.0 Å². The molecule has 1 aromatic heterocycles. The van der Waals surface area contributed by atoms with Gasteiger partial charge in [0.25, 0.3) is 5.91 Å². The normalized spacial score (nSPS) is 17.7. The van der Waals surface area contributed by atoms with Gasteiger partial charge < -0.3 is 19.6 Å². The largest absolute Gasteiger partial charge is 0.454 e. The van der Waals surface area contributed by atoms with Gasteiger partial charge in [0.15, 0.2) is 11.5 Å². The molecule has 3 aromatic rings. The number of amides is 1. The minimum atomic E-state index is -0.618. The van der Waals surface area contributed by atoms with Crippen LogP contribution < -0.4 is 14.8 Å². The molecule has 0 bridgehead atoms. The average molecular weight is 436 g/mol. The number of carbonyl (C=O) groups is 1. The van der Waals surface area contributed by atoms with Crippen molar-refractivity contribution in [2.75, 3.05) is 6.79 Å². The van der Waals surface area contributed by atoms with E-state index in [1.807, 2.05) is 61.7 Å². The molecule has 2 aliphatic heterocycles. The number of hydrogen-bond acceptors (Lipinski definition) is 7. The maximum atomic E-state index is 12.7. The number of thiazole rings is 1. The van der Waals surface area contributed by atoms with Crippen LogP contribution in [0.25, 0.3) is 10.6 Å². The predicted octanol–water partition coefficient (Wildman–Crippen LogP) is 4.10. The van der Waals surface area contributed by atoms with Crippen LogP contribution in [0.2, 0.25) is 0 Å². The van der Waals surface area contributed by atoms with E-state index in [2.05, 4.69) is 15.5 Å². The summed E-state index contributed by atoms with van der Waals surface area (Å²) in [7, 11) is 0. The third-order valence-electron chi connectivity index (χ3n) is 5.20. The summed E-state index contributed by atoms with van der Waals surface area (Å²) in [5.41, 5.74) is 2.94. The van der Waals surface area contributed by atoms with Crippen molar-refractivity contribution in [2.24, 2.45) is 5.16 Å². The van der Waals surface area contributed by atoms with Crippen molar-refractivity contribution in [1.82, 2.24) is 10.3 Å². The SMILES string of the molecule is CC(NC(=O)C1CC(Cc2ccc3c(c2)OCO3)=NO1)c1cnc(-c2ccccc2)s1. The summed E-state index contributed by atoms with van der Waals surface area (Å²) in [5.74, 6) is 1.31. The zero-order valence-corrected chi connectivity index (χ0v) is 17.7. The number of ether oxygens (including phenoxy) is 2. The monoisotopic (exact) mass is 435 g/mol. The van der Waals surface area contributed by atoms with E-state index < -0.39 is 6.10 Å². The molecule has 0 fully saturated rings. The van der Waals surface area contributed by atoms with Gasteiger partial charge in [0.1, 0.15) is 5.01 Å². The highest BCUT2D eigenvalue weighted by Crippen LogP contribution is 2.33. The molecule has 1 N–H and O–H groups in total. The maximum absolute atomic E-state index is 12.7. The number of fused-ring (bicyclic) bond motifs is 1. The van der Waals surface area contributed by atoms with Crippen LogP contribution in [0.3, 0.4) is 0 Å². The Bertz CT molecular complexity index is 1130. The topological polar surface area (TPSA) is 82.0 Å². The third kappa shape index (κ3) is 4.25. The minimum absolute atomic E-state index is 0.163. The second-order valence-corrected chi connectivity index (χ2v) is 8.55. The Hall–Kier alpha value is -3.39. The second-order valence-electron chi connectivity index (χ2n) is 7.48. The Morgan fingerprint density at radius 1 is 1.19 bits per heavy atom. The average Bonchev–Trinajstić information content (AvgIpc) is 3.54. The minimum Gasteiger partial charge on any atom is -0.454 e. The van der Waals surface area contributed by atoms with Gasteiger partial charge in [-0.2, -0.15) is 0 Å². The zero-order chi connectivity index (χ0) is 21.2. The molecule has 0 radical (unpaired) electrons. The zero-order valence-electron chi connectivity index (χ0n) is 16.9. The lowest BCUT2D eigenvalue weighted by molar-refractivity contribution is -0.131. The molecule has 158 valence electrons. The van der Waals surface area contributed by atoms with Gasteiger partial charge in [-0.1, -0.05) is 41.6 Å². The second kappa shape index (κ2) is 8.39. The van der Waals surface area contributed by atoms with Gasteiger partial charge >= 0.3 is 0 Å². The summed E-state index contributed by atoms with van der Waals surface area (Å²) < 4.78 is 10.8. The van der Waals surface area contributed by atoms with Crippen LogP contribution in [0.1, 0.15) is 29.8 Å². The van der Waals surface area contributed by atoms with E-state index >= 15 is 0 Å². The van der Waals surface area contributed by atoms with Crippen molar-refractivity contribution in [2.45, 2.75) is 31.9 Å². The Balaban J connectivity index is 1.16. The van der Waals surface area contributed by atoms with Gasteiger partial charge in [-0.3, -0.25) is 4.79 Å². The standard InChI is InChI=1S/C23H21N3O4S/c1-14(21-12-24-23(31-21)16-5-3-2-4-6-16)25-22(27)20-11-17(26-30-20)9-15-7-8-18-19(10-15)29-13-28-18/h2-8,10,12,14,20H,9,11,13H2,1H3,(H,25,27). The highest BCUT2D eigenvalue weighted by atomic mass is 32.1. The van der Waals surface area contributed by atoms with Gasteiger partial charge in [-0.15, -0.1) is 11.3 Å². The maximum Gasteiger partial charge on any atom is 0.264 e. The molecule has 3 heterocycles. The first kappa shape index (κ1) is 19.6. The third-order valence-corrected chi connectivity index (χ3v) is 6.43. The summed E-state index contributed by atoms with van der Waals surface area (Å²) in [6, 6.07) is 15.6. The number of oxime groups is 1. The Labute approximate surface area is 183 Å². The molecule has 5 rings (SSSR count). The molecular weight excluding hydrogens is 414 g/mol. The fourth-order valence-electron chi connectivity index (χ4n) is 3.54. The first-order chi connectivity index (χ1) is 15.2. The molecule has 0 saturated carbocycles. The van der Waals surface area contributed by atoms with E-state index in [1.165, 1.54) is 0 Å². The molecule has 2 unspecified atom stereocenters. The van der Waals surface area contributed by atoms with E-state index in [4.69, 9.17) is 14.3 Å². The lowest BCUT2D eigenvalue weighted by Gasteiger charge is -2.14. The van der Waals surface area contributed by atoms with Crippen LogP contribution in [0.5, 0.6) is 11.5 Å². The molecule has 1 amide bonds. The number of aromatic nitrogens is 1. The predicted molar refractivity (Wildman–Crippen MR) is 117 cm³/mol. The van der Waals surface area contributed by atoms with E-state index in [0.29, 0.717) is 12.8 Å². The van der Waals surface area contributed by atoms with Gasteiger partial charge in [-0.05, 0) is 24.6 Å². The first-order valence-corrected chi connectivity index (χ1v) is 10.9. The summed E-state index contributed by atoms with van der Waals surface area (Å²) in [4.78, 5) is 23.6. The quantitative estimate of drug-likeness (QED) is 0.630. The number of rotatable bonds is 6. The fourth-order valence-corrected chi connectivity index (χ4v) is 4.46. The van der Waals surface area contributed by atoms with Crippen molar-refractivity contribution in [3.63, 3.8) is 0 Å². The van der Waals surface area contributed by atoms with Crippen LogP contribution in [0.4, 0.5) is 0 Å². The summed E-state index contributed by atoms with van der Waals surface area (Å²) in [6.45, 7) is 2.19. The number of nitrogens with zero attached hydrogens (tertiary/aromatic N) is 2. The Morgan fingerprint density at radius 3 is 2.90 bits per heavy atom. The molecule has 2 aromatic carbocycles. The van der Waals surface area contributed by atoms with E-state index in [0.717, 1.165) is 38.2 Å². The highest BCUT2D eigenvalue weighted by Gasteiger charge is 2.29. The molecule has 2 aliphatic rings. The summed E-state index contributed by atoms with van der Waals surface area (Å²) in [5, 5.41) is 8.08. The lowest BCUT2D eigenvalue weighted by atomic mass is 10.0. The van der Waals surface area contributed by atoms with E-state index in [-0.39, 0.29) is 18.7 Å². The number of nitrogens with one attached hydrogen (secondary N) is 1. The van der Waals surface area contributed by atoms with Gasteiger partial charge in [0.2, 0.25) is 12.9 Å². The lowest BCUT2D eigenvalue weighted by Crippen LogP contribution is -2.36. The van der Waals surface area contributed by atoms with Crippen molar-refractivity contribution < 1.29 is 19.1 Å².